The molecule has 0 radical (unpaired) electrons. The normalized spacial score (nSPS) is 10.4. The molecule has 0 fully saturated rings. The molecule has 0 bridgehead atoms. The Morgan fingerprint density at radius 3 is 2.47 bits per heavy atom. The van der Waals surface area contributed by atoms with Gasteiger partial charge < -0.3 is 9.52 Å². The number of aryl methyl sites for hydroxylation is 1. The second kappa shape index (κ2) is 5.32. The number of Topliss-reactive ketones (excluding diaryl/α,β-unsaturated/α-hetero) is 1. The van der Waals surface area contributed by atoms with Gasteiger partial charge in [-0.1, -0.05) is 23.9 Å². The number of benzene rings is 1. The van der Waals surface area contributed by atoms with Crippen LogP contribution in [0.2, 0.25) is 0 Å². The van der Waals surface area contributed by atoms with Gasteiger partial charge in [-0.05, 0) is 19.1 Å². The van der Waals surface area contributed by atoms with Crippen LogP contribution in [0, 0.1) is 6.92 Å². The van der Waals surface area contributed by atoms with E-state index in [9.17, 15) is 9.59 Å². The third-order valence-electron chi connectivity index (χ3n) is 2.56. The van der Waals surface area contributed by atoms with E-state index >= 15 is 0 Å². The van der Waals surface area contributed by atoms with Crippen molar-refractivity contribution < 1.29 is 19.1 Å². The Kier molecular flexibility index (Phi) is 3.76. The largest absolute Gasteiger partial charge is 0.478 e. The number of carbonyl (C=O) groups excluding carboxylic acids is 1. The van der Waals surface area contributed by atoms with Crippen molar-refractivity contribution >= 4 is 23.5 Å². The summed E-state index contributed by atoms with van der Waals surface area (Å²) < 4.78 is 5.33. The van der Waals surface area contributed by atoms with Crippen LogP contribution in [-0.4, -0.2) is 16.9 Å². The number of aromatic carboxylic acids is 1. The Bertz CT molecular complexity index is 643. The van der Waals surface area contributed by atoms with Crippen LogP contribution in [0.4, 0.5) is 0 Å². The van der Waals surface area contributed by atoms with Gasteiger partial charge in [-0.25, -0.2) is 4.79 Å². The predicted octanol–water partition coefficient (Wildman–Crippen LogP) is 3.64. The fraction of sp³-hybridized carbons (Fsp3) is 0.143. The minimum Gasteiger partial charge on any atom is -0.478 e. The highest BCUT2D eigenvalue weighted by Crippen LogP contribution is 2.34. The molecule has 19 heavy (non-hydrogen) atoms. The Labute approximate surface area is 114 Å². The third-order valence-corrected chi connectivity index (χ3v) is 3.76. The van der Waals surface area contributed by atoms with Gasteiger partial charge in [0.25, 0.3) is 0 Å². The highest BCUT2D eigenvalue weighted by atomic mass is 32.2. The molecular weight excluding hydrogens is 264 g/mol. The van der Waals surface area contributed by atoms with Crippen LogP contribution in [0.1, 0.15) is 33.6 Å². The van der Waals surface area contributed by atoms with Gasteiger partial charge in [0.15, 0.2) is 11.5 Å². The molecule has 2 rings (SSSR count). The molecule has 0 aliphatic heterocycles. The molecule has 1 heterocycles. The Morgan fingerprint density at radius 1 is 1.21 bits per heavy atom. The minimum absolute atomic E-state index is 0.151. The number of hydrogen-bond donors (Lipinski definition) is 1. The maximum absolute atomic E-state index is 11.2. The van der Waals surface area contributed by atoms with Crippen molar-refractivity contribution in [3.8, 4) is 0 Å². The van der Waals surface area contributed by atoms with Crippen LogP contribution >= 0.6 is 11.8 Å². The van der Waals surface area contributed by atoms with Crippen LogP contribution in [0.5, 0.6) is 0 Å². The molecule has 0 saturated heterocycles. The number of furan rings is 1. The van der Waals surface area contributed by atoms with Gasteiger partial charge in [0, 0.05) is 17.9 Å². The molecule has 0 aliphatic carbocycles. The molecule has 1 N–H and O–H groups in total. The van der Waals surface area contributed by atoms with Gasteiger partial charge >= 0.3 is 5.97 Å². The fourth-order valence-electron chi connectivity index (χ4n) is 1.59. The number of carboxylic acids is 1. The summed E-state index contributed by atoms with van der Waals surface area (Å²) in [5, 5.41) is 9.12. The summed E-state index contributed by atoms with van der Waals surface area (Å²) in [6, 6.07) is 8.37. The number of carbonyl (C=O) groups is 2. The molecule has 2 aromatic rings. The van der Waals surface area contributed by atoms with Crippen molar-refractivity contribution in [3.63, 3.8) is 0 Å². The number of ketones is 1. The second-order valence-corrected chi connectivity index (χ2v) is 5.07. The zero-order valence-corrected chi connectivity index (χ0v) is 11.3. The van der Waals surface area contributed by atoms with Crippen molar-refractivity contribution in [1.29, 1.82) is 0 Å². The topological polar surface area (TPSA) is 67.5 Å². The molecule has 0 amide bonds. The molecule has 0 aliphatic rings. The van der Waals surface area contributed by atoms with Crippen molar-refractivity contribution in [2.24, 2.45) is 0 Å². The number of carboxylic acid groups (broad SMARTS) is 1. The first-order valence-electron chi connectivity index (χ1n) is 5.60. The summed E-state index contributed by atoms with van der Waals surface area (Å²) >= 11 is 1.28. The van der Waals surface area contributed by atoms with Crippen LogP contribution < -0.4 is 0 Å². The minimum atomic E-state index is -0.976. The smallest absolute Gasteiger partial charge is 0.336 e. The van der Waals surface area contributed by atoms with Crippen LogP contribution in [0.3, 0.4) is 0 Å². The van der Waals surface area contributed by atoms with Gasteiger partial charge in [-0.15, -0.1) is 0 Å². The Balaban J connectivity index is 2.36. The zero-order chi connectivity index (χ0) is 14.0. The van der Waals surface area contributed by atoms with E-state index in [0.29, 0.717) is 10.7 Å². The average molecular weight is 276 g/mol. The van der Waals surface area contributed by atoms with Gasteiger partial charge in [0.2, 0.25) is 0 Å². The second-order valence-electron chi connectivity index (χ2n) is 3.99. The van der Waals surface area contributed by atoms with Gasteiger partial charge in [-0.3, -0.25) is 4.79 Å². The molecule has 1 aromatic carbocycles. The zero-order valence-electron chi connectivity index (χ0n) is 10.5. The van der Waals surface area contributed by atoms with Crippen LogP contribution in [-0.2, 0) is 0 Å². The maximum Gasteiger partial charge on any atom is 0.336 e. The molecule has 98 valence electrons. The van der Waals surface area contributed by atoms with E-state index < -0.39 is 5.97 Å². The van der Waals surface area contributed by atoms with E-state index in [1.165, 1.54) is 18.7 Å². The Morgan fingerprint density at radius 2 is 1.89 bits per heavy atom. The monoisotopic (exact) mass is 276 g/mol. The summed E-state index contributed by atoms with van der Waals surface area (Å²) in [6.45, 7) is 3.18. The quantitative estimate of drug-likeness (QED) is 0.863. The molecule has 0 atom stereocenters. The Hall–Kier alpha value is -2.01. The van der Waals surface area contributed by atoms with E-state index in [-0.39, 0.29) is 17.1 Å². The maximum atomic E-state index is 11.2. The lowest BCUT2D eigenvalue weighted by molar-refractivity contribution is 0.0693. The highest BCUT2D eigenvalue weighted by molar-refractivity contribution is 7.99. The first-order valence-corrected chi connectivity index (χ1v) is 6.42. The van der Waals surface area contributed by atoms with E-state index in [4.69, 9.17) is 9.52 Å². The van der Waals surface area contributed by atoms with E-state index in [0.717, 1.165) is 4.90 Å². The summed E-state index contributed by atoms with van der Waals surface area (Å²) in [7, 11) is 0. The van der Waals surface area contributed by atoms with Crippen molar-refractivity contribution in [2.75, 3.05) is 0 Å². The van der Waals surface area contributed by atoms with Gasteiger partial charge in [-0.2, -0.15) is 0 Å². The molecule has 1 aromatic heterocycles. The number of hydrogen-bond acceptors (Lipinski definition) is 4. The van der Waals surface area contributed by atoms with Crippen LogP contribution in [0.25, 0.3) is 0 Å². The summed E-state index contributed by atoms with van der Waals surface area (Å²) in [5.74, 6) is -0.235. The van der Waals surface area contributed by atoms with Crippen LogP contribution in [0.15, 0.2) is 44.5 Å². The SMILES string of the molecule is CC(=O)c1cc(Sc2ccccc2C(=O)O)c(C)o1. The lowest BCUT2D eigenvalue weighted by Gasteiger charge is -2.03. The van der Waals surface area contributed by atoms with Crippen molar-refractivity contribution in [2.45, 2.75) is 23.6 Å². The number of rotatable bonds is 4. The standard InChI is InChI=1S/C14H12O4S/c1-8(15)11-7-13(9(2)18-11)19-12-6-4-3-5-10(12)14(16)17/h3-7H,1-2H3,(H,16,17). The lowest BCUT2D eigenvalue weighted by Crippen LogP contribution is -1.97. The highest BCUT2D eigenvalue weighted by Gasteiger charge is 2.15. The van der Waals surface area contributed by atoms with E-state index in [1.54, 1.807) is 37.3 Å². The first-order chi connectivity index (χ1) is 8.99. The summed E-state index contributed by atoms with van der Waals surface area (Å²) in [6.07, 6.45) is 0. The predicted molar refractivity (Wildman–Crippen MR) is 71.0 cm³/mol. The lowest BCUT2D eigenvalue weighted by atomic mass is 10.2. The molecule has 4 nitrogen and oxygen atoms in total. The summed E-state index contributed by atoms with van der Waals surface area (Å²) in [5.41, 5.74) is 0.234. The summed E-state index contributed by atoms with van der Waals surface area (Å²) in [4.78, 5) is 23.7. The molecule has 0 unspecified atom stereocenters. The molecule has 0 saturated carbocycles. The molecule has 0 spiro atoms. The molecular formula is C14H12O4S. The first kappa shape index (κ1) is 13.4. The van der Waals surface area contributed by atoms with E-state index in [2.05, 4.69) is 0 Å². The van der Waals surface area contributed by atoms with Crippen molar-refractivity contribution in [3.05, 3.63) is 47.4 Å². The van der Waals surface area contributed by atoms with Gasteiger partial charge in [0.05, 0.1) is 10.5 Å². The van der Waals surface area contributed by atoms with Crippen molar-refractivity contribution in [1.82, 2.24) is 0 Å². The molecule has 5 heteroatoms. The van der Waals surface area contributed by atoms with Gasteiger partial charge in [0.1, 0.15) is 5.76 Å². The third kappa shape index (κ3) is 2.88. The average Bonchev–Trinajstić information content (AvgIpc) is 2.72. The fourth-order valence-corrected chi connectivity index (χ4v) is 2.59. The van der Waals surface area contributed by atoms with E-state index in [1.807, 2.05) is 0 Å².